The number of aryl methyl sites for hydroxylation is 1. The molecule has 0 N–H and O–H groups in total. The van der Waals surface area contributed by atoms with E-state index in [1.54, 1.807) is 19.1 Å². The van der Waals surface area contributed by atoms with Gasteiger partial charge < -0.3 is 4.74 Å². The van der Waals surface area contributed by atoms with Crippen LogP contribution in [0.4, 0.5) is 0 Å². The number of halogens is 1. The Bertz CT molecular complexity index is 648. The molecule has 1 heterocycles. The van der Waals surface area contributed by atoms with Gasteiger partial charge in [-0.2, -0.15) is 0 Å². The number of hydrogen-bond donors (Lipinski definition) is 0. The largest absolute Gasteiger partial charge is 0.425 e. The predicted molar refractivity (Wildman–Crippen MR) is 80.7 cm³/mol. The van der Waals surface area contributed by atoms with E-state index in [0.29, 0.717) is 16.5 Å². The van der Waals surface area contributed by atoms with Crippen LogP contribution in [0, 0.1) is 6.92 Å². The van der Waals surface area contributed by atoms with Gasteiger partial charge in [0.2, 0.25) is 0 Å². The van der Waals surface area contributed by atoms with Gasteiger partial charge in [-0.1, -0.05) is 29.8 Å². The van der Waals surface area contributed by atoms with Crippen molar-refractivity contribution in [2.45, 2.75) is 13.8 Å². The van der Waals surface area contributed by atoms with Crippen LogP contribution in [0.3, 0.4) is 0 Å². The number of carbonyl (C=O) groups is 1. The SMILES string of the molecule is CC(=O)Oc1ccc(C=Cc2ccc(Cl)cc2)nc1C. The number of esters is 1. The quantitative estimate of drug-likeness (QED) is 0.797. The Hall–Kier alpha value is -2.13. The summed E-state index contributed by atoms with van der Waals surface area (Å²) in [6, 6.07) is 11.1. The Labute approximate surface area is 122 Å². The molecular weight excluding hydrogens is 274 g/mol. The van der Waals surface area contributed by atoms with Crippen LogP contribution in [0.25, 0.3) is 12.2 Å². The first-order chi connectivity index (χ1) is 9.54. The monoisotopic (exact) mass is 287 g/mol. The average molecular weight is 288 g/mol. The van der Waals surface area contributed by atoms with E-state index in [4.69, 9.17) is 16.3 Å². The van der Waals surface area contributed by atoms with Crippen LogP contribution in [0.5, 0.6) is 5.75 Å². The average Bonchev–Trinajstić information content (AvgIpc) is 2.40. The summed E-state index contributed by atoms with van der Waals surface area (Å²) < 4.78 is 5.04. The lowest BCUT2D eigenvalue weighted by Crippen LogP contribution is -2.03. The number of rotatable bonds is 3. The summed E-state index contributed by atoms with van der Waals surface area (Å²) in [5, 5.41) is 0.710. The molecule has 4 heteroatoms. The van der Waals surface area contributed by atoms with Gasteiger partial charge in [0.1, 0.15) is 0 Å². The summed E-state index contributed by atoms with van der Waals surface area (Å²) in [7, 11) is 0. The second-order valence-electron chi connectivity index (χ2n) is 4.30. The second kappa shape index (κ2) is 6.35. The normalized spacial score (nSPS) is 10.8. The molecule has 1 aromatic carbocycles. The molecule has 0 atom stereocenters. The first-order valence-corrected chi connectivity index (χ1v) is 6.52. The summed E-state index contributed by atoms with van der Waals surface area (Å²) in [5.74, 6) is 0.139. The lowest BCUT2D eigenvalue weighted by atomic mass is 10.2. The Morgan fingerprint density at radius 1 is 1.15 bits per heavy atom. The summed E-state index contributed by atoms with van der Waals surface area (Å²) in [6.07, 6.45) is 3.84. The topological polar surface area (TPSA) is 39.2 Å². The van der Waals surface area contributed by atoms with Crippen LogP contribution in [-0.4, -0.2) is 11.0 Å². The minimum absolute atomic E-state index is 0.348. The van der Waals surface area contributed by atoms with Crippen LogP contribution in [0.1, 0.15) is 23.9 Å². The molecule has 0 unspecified atom stereocenters. The molecule has 20 heavy (non-hydrogen) atoms. The molecule has 0 bridgehead atoms. The van der Waals surface area contributed by atoms with E-state index < -0.39 is 0 Å². The molecule has 1 aromatic heterocycles. The van der Waals surface area contributed by atoms with Gasteiger partial charge in [-0.3, -0.25) is 4.79 Å². The maximum atomic E-state index is 10.9. The standard InChI is InChI=1S/C16H14ClNO2/c1-11-16(20-12(2)19)10-9-15(18-11)8-5-13-3-6-14(17)7-4-13/h3-10H,1-2H3. The lowest BCUT2D eigenvalue weighted by Gasteiger charge is -2.04. The number of benzene rings is 1. The van der Waals surface area contributed by atoms with Crippen LogP contribution in [0.15, 0.2) is 36.4 Å². The van der Waals surface area contributed by atoms with Crippen LogP contribution in [0.2, 0.25) is 5.02 Å². The third-order valence-electron chi connectivity index (χ3n) is 2.63. The highest BCUT2D eigenvalue weighted by atomic mass is 35.5. The van der Waals surface area contributed by atoms with E-state index in [1.165, 1.54) is 6.92 Å². The van der Waals surface area contributed by atoms with E-state index in [9.17, 15) is 4.79 Å². The molecule has 0 fully saturated rings. The number of hydrogen-bond acceptors (Lipinski definition) is 3. The minimum Gasteiger partial charge on any atom is -0.425 e. The Balaban J connectivity index is 2.15. The maximum Gasteiger partial charge on any atom is 0.308 e. The fourth-order valence-corrected chi connectivity index (χ4v) is 1.80. The number of nitrogens with zero attached hydrogens (tertiary/aromatic N) is 1. The molecule has 0 aliphatic rings. The van der Waals surface area contributed by atoms with Crippen molar-refractivity contribution < 1.29 is 9.53 Å². The van der Waals surface area contributed by atoms with Gasteiger partial charge in [0.25, 0.3) is 0 Å². The zero-order valence-corrected chi connectivity index (χ0v) is 12.0. The summed E-state index contributed by atoms with van der Waals surface area (Å²) in [4.78, 5) is 15.3. The molecule has 0 amide bonds. The van der Waals surface area contributed by atoms with E-state index in [-0.39, 0.29) is 5.97 Å². The van der Waals surface area contributed by atoms with Gasteiger partial charge in [-0.25, -0.2) is 4.98 Å². The number of aromatic nitrogens is 1. The molecule has 3 nitrogen and oxygen atoms in total. The van der Waals surface area contributed by atoms with Crippen LogP contribution >= 0.6 is 11.6 Å². The van der Waals surface area contributed by atoms with Crippen molar-refractivity contribution in [3.63, 3.8) is 0 Å². The third kappa shape index (κ3) is 3.93. The molecule has 0 saturated carbocycles. The third-order valence-corrected chi connectivity index (χ3v) is 2.88. The molecule has 102 valence electrons. The minimum atomic E-state index is -0.348. The second-order valence-corrected chi connectivity index (χ2v) is 4.73. The van der Waals surface area contributed by atoms with Gasteiger partial charge in [0.05, 0.1) is 11.4 Å². The fourth-order valence-electron chi connectivity index (χ4n) is 1.68. The van der Waals surface area contributed by atoms with Crippen molar-refractivity contribution in [3.8, 4) is 5.75 Å². The smallest absolute Gasteiger partial charge is 0.308 e. The number of carbonyl (C=O) groups excluding carboxylic acids is 1. The van der Waals surface area contributed by atoms with Gasteiger partial charge >= 0.3 is 5.97 Å². The van der Waals surface area contributed by atoms with Gasteiger partial charge in [0, 0.05) is 11.9 Å². The molecule has 2 rings (SSSR count). The van der Waals surface area contributed by atoms with Crippen LogP contribution < -0.4 is 4.74 Å². The fraction of sp³-hybridized carbons (Fsp3) is 0.125. The lowest BCUT2D eigenvalue weighted by molar-refractivity contribution is -0.131. The number of pyridine rings is 1. The van der Waals surface area contributed by atoms with Gasteiger partial charge in [-0.05, 0) is 42.8 Å². The molecular formula is C16H14ClNO2. The van der Waals surface area contributed by atoms with Crippen molar-refractivity contribution in [1.82, 2.24) is 4.98 Å². The van der Waals surface area contributed by atoms with E-state index in [2.05, 4.69) is 4.98 Å². The van der Waals surface area contributed by atoms with Gasteiger partial charge in [-0.15, -0.1) is 0 Å². The maximum absolute atomic E-state index is 10.9. The molecule has 2 aromatic rings. The van der Waals surface area contributed by atoms with Crippen molar-refractivity contribution in [1.29, 1.82) is 0 Å². The van der Waals surface area contributed by atoms with Crippen molar-refractivity contribution in [2.24, 2.45) is 0 Å². The highest BCUT2D eigenvalue weighted by Crippen LogP contribution is 2.18. The first kappa shape index (κ1) is 14.3. The van der Waals surface area contributed by atoms with Crippen LogP contribution in [-0.2, 0) is 4.79 Å². The zero-order valence-electron chi connectivity index (χ0n) is 11.3. The van der Waals surface area contributed by atoms with Crippen molar-refractivity contribution >= 4 is 29.7 Å². The molecule has 0 saturated heterocycles. The van der Waals surface area contributed by atoms with E-state index in [0.717, 1.165) is 11.3 Å². The molecule has 0 spiro atoms. The van der Waals surface area contributed by atoms with Crippen molar-refractivity contribution in [2.75, 3.05) is 0 Å². The van der Waals surface area contributed by atoms with Crippen molar-refractivity contribution in [3.05, 3.63) is 58.4 Å². The number of ether oxygens (including phenoxy) is 1. The van der Waals surface area contributed by atoms with E-state index >= 15 is 0 Å². The predicted octanol–water partition coefficient (Wildman–Crippen LogP) is 4.14. The zero-order chi connectivity index (χ0) is 14.5. The Morgan fingerprint density at radius 2 is 1.85 bits per heavy atom. The van der Waals surface area contributed by atoms with Gasteiger partial charge in [0.15, 0.2) is 5.75 Å². The molecule has 0 aliphatic heterocycles. The highest BCUT2D eigenvalue weighted by molar-refractivity contribution is 6.30. The highest BCUT2D eigenvalue weighted by Gasteiger charge is 2.03. The summed E-state index contributed by atoms with van der Waals surface area (Å²) in [6.45, 7) is 3.17. The molecule has 0 radical (unpaired) electrons. The first-order valence-electron chi connectivity index (χ1n) is 6.14. The van der Waals surface area contributed by atoms with E-state index in [1.807, 2.05) is 36.4 Å². The summed E-state index contributed by atoms with van der Waals surface area (Å²) >= 11 is 5.83. The Morgan fingerprint density at radius 3 is 2.45 bits per heavy atom. The Kier molecular flexibility index (Phi) is 4.53. The summed E-state index contributed by atoms with van der Waals surface area (Å²) in [5.41, 5.74) is 2.52. The molecule has 0 aliphatic carbocycles.